The third-order valence-electron chi connectivity index (χ3n) is 5.09. The van der Waals surface area contributed by atoms with Crippen molar-refractivity contribution in [2.75, 3.05) is 27.4 Å². The molecule has 0 aliphatic carbocycles. The molecule has 6 nitrogen and oxygen atoms in total. The molecule has 0 fully saturated rings. The zero-order valence-corrected chi connectivity index (χ0v) is 21.9. The fourth-order valence-electron chi connectivity index (χ4n) is 3.23. The quantitative estimate of drug-likeness (QED) is 0.130. The molecule has 0 radical (unpaired) electrons. The van der Waals surface area contributed by atoms with Crippen molar-refractivity contribution < 1.29 is 23.8 Å². The lowest BCUT2D eigenvalue weighted by atomic mass is 9.98. The number of allylic oxidation sites excluding steroid dienone is 1. The average molecular weight is 504 g/mol. The van der Waals surface area contributed by atoms with Gasteiger partial charge in [0.25, 0.3) is 0 Å². The molecule has 0 saturated carbocycles. The summed E-state index contributed by atoms with van der Waals surface area (Å²) in [6.07, 6.45) is 7.16. The minimum absolute atomic E-state index is 0.633. The molecular formula is C31H37NO5. The summed E-state index contributed by atoms with van der Waals surface area (Å²) in [7, 11) is 3.31. The van der Waals surface area contributed by atoms with Crippen molar-refractivity contribution in [1.29, 1.82) is 5.41 Å². The average Bonchev–Trinajstić information content (AvgIpc) is 2.96. The van der Waals surface area contributed by atoms with Crippen molar-refractivity contribution in [2.24, 2.45) is 0 Å². The number of aryl methyl sites for hydroxylation is 1. The minimum atomic E-state index is 0.633. The van der Waals surface area contributed by atoms with Crippen LogP contribution < -0.4 is 9.47 Å². The number of rotatable bonds is 12. The summed E-state index contributed by atoms with van der Waals surface area (Å²) in [6, 6.07) is 21.5. The van der Waals surface area contributed by atoms with Crippen molar-refractivity contribution in [3.63, 3.8) is 0 Å². The van der Waals surface area contributed by atoms with E-state index in [2.05, 4.69) is 37.8 Å². The van der Waals surface area contributed by atoms with Crippen LogP contribution in [0.15, 0.2) is 79.4 Å². The normalized spacial score (nSPS) is 9.49. The van der Waals surface area contributed by atoms with E-state index in [9.17, 15) is 4.79 Å². The first-order chi connectivity index (χ1) is 18.1. The molecule has 0 spiro atoms. The highest BCUT2D eigenvalue weighted by atomic mass is 16.5. The van der Waals surface area contributed by atoms with Gasteiger partial charge in [-0.2, -0.15) is 0 Å². The Balaban J connectivity index is 0.000000335. The van der Waals surface area contributed by atoms with E-state index in [1.807, 2.05) is 18.2 Å². The second kappa shape index (κ2) is 19.2. The SMILES string of the molecule is C=CC=O.CCCc1ccc(-c2ccc(OC)cc2C=N)cc1.COCCCOc1ccc(C=O)cc1. The van der Waals surface area contributed by atoms with E-state index in [0.29, 0.717) is 25.1 Å². The Kier molecular flexibility index (Phi) is 16.1. The van der Waals surface area contributed by atoms with E-state index in [1.54, 1.807) is 38.5 Å². The highest BCUT2D eigenvalue weighted by Gasteiger charge is 2.05. The third-order valence-corrected chi connectivity index (χ3v) is 5.09. The van der Waals surface area contributed by atoms with Gasteiger partial charge in [0.2, 0.25) is 0 Å². The van der Waals surface area contributed by atoms with Crippen LogP contribution in [0.25, 0.3) is 11.1 Å². The summed E-state index contributed by atoms with van der Waals surface area (Å²) in [5.74, 6) is 1.57. The molecule has 0 unspecified atom stereocenters. The van der Waals surface area contributed by atoms with Crippen LogP contribution in [0.3, 0.4) is 0 Å². The topological polar surface area (TPSA) is 85.7 Å². The number of aldehydes is 2. The smallest absolute Gasteiger partial charge is 0.150 e. The van der Waals surface area contributed by atoms with Gasteiger partial charge in [0.05, 0.1) is 13.7 Å². The number of methoxy groups -OCH3 is 2. The number of hydrogen-bond donors (Lipinski definition) is 1. The van der Waals surface area contributed by atoms with Crippen molar-refractivity contribution in [1.82, 2.24) is 0 Å². The molecule has 0 atom stereocenters. The Hall–Kier alpha value is -4.03. The van der Waals surface area contributed by atoms with Crippen molar-refractivity contribution in [2.45, 2.75) is 26.2 Å². The zero-order valence-electron chi connectivity index (χ0n) is 21.9. The summed E-state index contributed by atoms with van der Waals surface area (Å²) in [4.78, 5) is 19.4. The lowest BCUT2D eigenvalue weighted by Gasteiger charge is -2.09. The van der Waals surface area contributed by atoms with Gasteiger partial charge in [0.1, 0.15) is 24.1 Å². The van der Waals surface area contributed by atoms with Gasteiger partial charge >= 0.3 is 0 Å². The van der Waals surface area contributed by atoms with Gasteiger partial charge in [0, 0.05) is 37.5 Å². The molecule has 0 bridgehead atoms. The number of benzene rings is 3. The number of hydrogen-bond acceptors (Lipinski definition) is 6. The number of nitrogens with one attached hydrogen (secondary N) is 1. The second-order valence-electron chi connectivity index (χ2n) is 7.80. The molecule has 0 aliphatic rings. The maximum Gasteiger partial charge on any atom is 0.150 e. The molecule has 0 saturated heterocycles. The van der Waals surface area contributed by atoms with Crippen LogP contribution in [0.1, 0.15) is 41.3 Å². The second-order valence-corrected chi connectivity index (χ2v) is 7.80. The van der Waals surface area contributed by atoms with Gasteiger partial charge in [-0.25, -0.2) is 0 Å². The lowest BCUT2D eigenvalue weighted by molar-refractivity contribution is -0.104. The van der Waals surface area contributed by atoms with E-state index in [-0.39, 0.29) is 0 Å². The molecular weight excluding hydrogens is 466 g/mol. The lowest BCUT2D eigenvalue weighted by Crippen LogP contribution is -2.01. The van der Waals surface area contributed by atoms with E-state index in [1.165, 1.54) is 17.9 Å². The minimum Gasteiger partial charge on any atom is -0.497 e. The van der Waals surface area contributed by atoms with Crippen LogP contribution in [0.5, 0.6) is 11.5 Å². The first kappa shape index (κ1) is 31.0. The van der Waals surface area contributed by atoms with E-state index < -0.39 is 0 Å². The predicted octanol–water partition coefficient (Wildman–Crippen LogP) is 6.60. The largest absolute Gasteiger partial charge is 0.497 e. The van der Waals surface area contributed by atoms with Gasteiger partial charge in [-0.3, -0.25) is 9.59 Å². The summed E-state index contributed by atoms with van der Waals surface area (Å²) < 4.78 is 15.5. The molecule has 0 aliphatic heterocycles. The molecule has 3 aromatic carbocycles. The fraction of sp³-hybridized carbons (Fsp3) is 0.258. The summed E-state index contributed by atoms with van der Waals surface area (Å²) in [5.41, 5.74) is 5.10. The van der Waals surface area contributed by atoms with Crippen LogP contribution in [0.4, 0.5) is 0 Å². The van der Waals surface area contributed by atoms with Crippen molar-refractivity contribution in [3.05, 3.63) is 96.1 Å². The van der Waals surface area contributed by atoms with E-state index in [0.717, 1.165) is 53.7 Å². The van der Waals surface area contributed by atoms with Crippen LogP contribution in [-0.2, 0) is 16.0 Å². The number of ether oxygens (including phenoxy) is 3. The summed E-state index contributed by atoms with van der Waals surface area (Å²) >= 11 is 0. The molecule has 3 aromatic rings. The zero-order chi connectivity index (χ0) is 27.3. The van der Waals surface area contributed by atoms with Gasteiger partial charge in [-0.05, 0) is 65.6 Å². The first-order valence-electron chi connectivity index (χ1n) is 12.1. The van der Waals surface area contributed by atoms with Gasteiger partial charge in [0.15, 0.2) is 0 Å². The Morgan fingerprint density at radius 3 is 2.05 bits per heavy atom. The first-order valence-corrected chi connectivity index (χ1v) is 12.1. The molecule has 0 aromatic heterocycles. The Bertz CT molecular complexity index is 1070. The number of carbonyl (C=O) groups is 2. The molecule has 0 amide bonds. The Labute approximate surface area is 220 Å². The molecule has 196 valence electrons. The predicted molar refractivity (Wildman–Crippen MR) is 150 cm³/mol. The van der Waals surface area contributed by atoms with Crippen LogP contribution in [0, 0.1) is 5.41 Å². The van der Waals surface area contributed by atoms with Crippen LogP contribution in [-0.4, -0.2) is 46.2 Å². The highest BCUT2D eigenvalue weighted by Crippen LogP contribution is 2.26. The van der Waals surface area contributed by atoms with Crippen LogP contribution in [0.2, 0.25) is 0 Å². The fourth-order valence-corrected chi connectivity index (χ4v) is 3.23. The maximum absolute atomic E-state index is 10.4. The van der Waals surface area contributed by atoms with Gasteiger partial charge in [-0.1, -0.05) is 50.3 Å². The maximum atomic E-state index is 10.4. The molecule has 6 heteroatoms. The van der Waals surface area contributed by atoms with Gasteiger partial charge < -0.3 is 19.6 Å². The Morgan fingerprint density at radius 2 is 1.54 bits per heavy atom. The van der Waals surface area contributed by atoms with Crippen molar-refractivity contribution >= 4 is 18.8 Å². The van der Waals surface area contributed by atoms with E-state index in [4.69, 9.17) is 24.4 Å². The van der Waals surface area contributed by atoms with Gasteiger partial charge in [-0.15, -0.1) is 0 Å². The Morgan fingerprint density at radius 1 is 0.892 bits per heavy atom. The standard InChI is InChI=1S/C17H19NO.C11H14O3.C3H4O/c1-3-4-13-5-7-14(8-6-13)17-10-9-16(19-2)11-15(17)12-18;1-13-7-2-8-14-11-5-3-10(9-12)4-6-11;1-2-3-4/h5-12,18H,3-4H2,1-2H3;3-6,9H,2,7-8H2,1H3;2-3H,1H2. The third kappa shape index (κ3) is 12.0. The molecule has 37 heavy (non-hydrogen) atoms. The molecule has 0 heterocycles. The monoisotopic (exact) mass is 503 g/mol. The van der Waals surface area contributed by atoms with Crippen LogP contribution >= 0.6 is 0 Å². The number of carbonyl (C=O) groups excluding carboxylic acids is 2. The summed E-state index contributed by atoms with van der Waals surface area (Å²) in [6.45, 7) is 6.63. The molecule has 3 rings (SSSR count). The van der Waals surface area contributed by atoms with E-state index >= 15 is 0 Å². The van der Waals surface area contributed by atoms with Crippen molar-refractivity contribution in [3.8, 4) is 22.6 Å². The summed E-state index contributed by atoms with van der Waals surface area (Å²) in [5, 5.41) is 7.53. The highest BCUT2D eigenvalue weighted by molar-refractivity contribution is 5.89. The molecule has 1 N–H and O–H groups in total.